The van der Waals surface area contributed by atoms with E-state index in [0.717, 1.165) is 0 Å². The van der Waals surface area contributed by atoms with Crippen LogP contribution >= 0.6 is 39.0 Å². The van der Waals surface area contributed by atoms with E-state index < -0.39 is 76.9 Å². The number of hydrogen-bond donors (Lipinski definition) is 4. The van der Waals surface area contributed by atoms with E-state index >= 15 is 8.78 Å². The molecule has 2 aliphatic rings. The van der Waals surface area contributed by atoms with Crippen molar-refractivity contribution in [2.45, 2.75) is 74.9 Å². The summed E-state index contributed by atoms with van der Waals surface area (Å²) < 4.78 is 77.8. The maximum atomic E-state index is 15.3. The maximum Gasteiger partial charge on any atom is 0.243 e. The van der Waals surface area contributed by atoms with Gasteiger partial charge < -0.3 is 28.7 Å². The number of fused-ring (bicyclic) bond motifs is 2. The molecule has 0 spiro atoms. The average molecular weight is 749 g/mol. The van der Waals surface area contributed by atoms with Crippen LogP contribution in [0.15, 0.2) is 37.5 Å². The topological polar surface area (TPSA) is 199 Å². The van der Waals surface area contributed by atoms with Crippen LogP contribution in [-0.2, 0) is 40.5 Å². The van der Waals surface area contributed by atoms with Crippen molar-refractivity contribution in [3.05, 3.63) is 48.8 Å². The minimum absolute atomic E-state index is 0.342. The van der Waals surface area contributed by atoms with Gasteiger partial charge in [0.25, 0.3) is 0 Å². The van der Waals surface area contributed by atoms with Crippen LogP contribution in [0.3, 0.4) is 0 Å². The van der Waals surface area contributed by atoms with Gasteiger partial charge in [-0.15, -0.1) is 0 Å². The summed E-state index contributed by atoms with van der Waals surface area (Å²) in [7, 11) is -5.55. The first kappa shape index (κ1) is 35.4. The number of allylic oxidation sites excluding steroid dienone is 2. The van der Waals surface area contributed by atoms with Gasteiger partial charge in [0.2, 0.25) is 14.5 Å². The third-order valence-electron chi connectivity index (χ3n) is 8.05. The summed E-state index contributed by atoms with van der Waals surface area (Å²) in [6.45, 7) is -1.07. The van der Waals surface area contributed by atoms with Gasteiger partial charge in [0.15, 0.2) is 36.1 Å². The molecule has 16 nitrogen and oxygen atoms in total. The van der Waals surface area contributed by atoms with Crippen LogP contribution in [0.2, 0.25) is 0 Å². The van der Waals surface area contributed by atoms with E-state index in [1.807, 2.05) is 12.2 Å². The molecule has 0 radical (unpaired) electrons. The number of rotatable bonds is 14. The number of alkyl halides is 2. The normalized spacial score (nSPS) is 29.0. The van der Waals surface area contributed by atoms with E-state index in [4.69, 9.17) is 18.5 Å². The highest BCUT2D eigenvalue weighted by molar-refractivity contribution is 8.39. The highest BCUT2D eigenvalue weighted by atomic mass is 32.7. The molecule has 0 amide bonds. The SMILES string of the molecule is O=[PH](S)O[C@H]1[C@@H](F)[C@H](n2cnc3c(CC/C=C/CCc4ncnc5c4ncn5C4OC(CO)[C@@H](O[PH](=O)S)[C@H]4F)ncnc32)O[C@@H]1CO. The molecule has 0 aromatic carbocycles. The van der Waals surface area contributed by atoms with Crippen molar-refractivity contribution in [2.24, 2.45) is 0 Å². The Bertz CT molecular complexity index is 1700. The Hall–Kier alpha value is -2.38. The number of halogens is 2. The van der Waals surface area contributed by atoms with E-state index in [2.05, 4.69) is 54.4 Å². The Labute approximate surface area is 283 Å². The number of imidazole rings is 2. The molecule has 0 bridgehead atoms. The zero-order valence-electron chi connectivity index (χ0n) is 24.9. The van der Waals surface area contributed by atoms with Gasteiger partial charge in [-0.1, -0.05) is 36.6 Å². The van der Waals surface area contributed by atoms with Crippen LogP contribution < -0.4 is 0 Å². The summed E-state index contributed by atoms with van der Waals surface area (Å²) in [5.74, 6) is 0. The van der Waals surface area contributed by atoms with E-state index in [9.17, 15) is 19.3 Å². The summed E-state index contributed by atoms with van der Waals surface area (Å²) in [6.07, 6.45) is 1.20. The summed E-state index contributed by atoms with van der Waals surface area (Å²) in [4.78, 5) is 26.0. The van der Waals surface area contributed by atoms with Gasteiger partial charge >= 0.3 is 0 Å². The fourth-order valence-electron chi connectivity index (χ4n) is 5.86. The van der Waals surface area contributed by atoms with Gasteiger partial charge in [-0.25, -0.2) is 38.7 Å². The molecule has 48 heavy (non-hydrogen) atoms. The maximum absolute atomic E-state index is 15.3. The highest BCUT2D eigenvalue weighted by Gasteiger charge is 2.49. The van der Waals surface area contributed by atoms with Gasteiger partial charge in [-0.3, -0.25) is 18.3 Å². The van der Waals surface area contributed by atoms with E-state index in [0.29, 0.717) is 59.4 Å². The Kier molecular flexibility index (Phi) is 11.6. The summed E-state index contributed by atoms with van der Waals surface area (Å²) in [5.41, 5.74) is 2.91. The number of thiol groups is 2. The summed E-state index contributed by atoms with van der Waals surface area (Å²) in [6, 6.07) is 0. The number of aliphatic hydroxyl groups is 2. The fraction of sp³-hybridized carbons (Fsp3) is 0.538. The minimum Gasteiger partial charge on any atom is -0.394 e. The molecule has 2 aliphatic heterocycles. The first-order valence-electron chi connectivity index (χ1n) is 14.8. The molecule has 6 rings (SSSR count). The molecule has 0 saturated carbocycles. The summed E-state index contributed by atoms with van der Waals surface area (Å²) in [5, 5.41) is 19.2. The number of nitrogens with zero attached hydrogens (tertiary/aromatic N) is 8. The number of aromatic nitrogens is 8. The van der Waals surface area contributed by atoms with Crippen LogP contribution in [0.1, 0.15) is 36.7 Å². The van der Waals surface area contributed by atoms with E-state index in [1.54, 1.807) is 0 Å². The van der Waals surface area contributed by atoms with Crippen LogP contribution in [0, 0.1) is 0 Å². The monoisotopic (exact) mass is 748 g/mol. The second-order valence-corrected chi connectivity index (χ2v) is 14.6. The Morgan fingerprint density at radius 1 is 0.750 bits per heavy atom. The molecule has 6 heterocycles. The third kappa shape index (κ3) is 7.24. The van der Waals surface area contributed by atoms with Crippen molar-refractivity contribution >= 4 is 61.3 Å². The number of hydrogen-bond acceptors (Lipinski definition) is 14. The second kappa shape index (κ2) is 15.7. The molecular formula is C26H32F2N8O8P2S2. The Morgan fingerprint density at radius 2 is 1.17 bits per heavy atom. The van der Waals surface area contributed by atoms with Crippen molar-refractivity contribution in [1.82, 2.24) is 39.0 Å². The smallest absolute Gasteiger partial charge is 0.243 e. The zero-order chi connectivity index (χ0) is 33.9. The predicted octanol–water partition coefficient (Wildman–Crippen LogP) is 2.95. The lowest BCUT2D eigenvalue weighted by molar-refractivity contribution is -0.0427. The van der Waals surface area contributed by atoms with Crippen molar-refractivity contribution in [3.8, 4) is 0 Å². The lowest BCUT2D eigenvalue weighted by atomic mass is 10.1. The second-order valence-electron chi connectivity index (χ2n) is 10.9. The van der Waals surface area contributed by atoms with Crippen molar-refractivity contribution < 1.29 is 46.6 Å². The first-order chi connectivity index (χ1) is 23.2. The van der Waals surface area contributed by atoms with Crippen molar-refractivity contribution in [3.63, 3.8) is 0 Å². The Balaban J connectivity index is 1.07. The predicted molar refractivity (Wildman–Crippen MR) is 174 cm³/mol. The fourth-order valence-corrected chi connectivity index (χ4v) is 7.62. The van der Waals surface area contributed by atoms with Crippen LogP contribution in [0.5, 0.6) is 0 Å². The quantitative estimate of drug-likeness (QED) is 0.0834. The molecule has 10 atom stereocenters. The number of aryl methyl sites for hydroxylation is 2. The van der Waals surface area contributed by atoms with Gasteiger partial charge in [-0.2, -0.15) is 0 Å². The lowest BCUT2D eigenvalue weighted by Crippen LogP contribution is -2.31. The molecule has 2 saturated heterocycles. The minimum atomic E-state index is -2.78. The largest absolute Gasteiger partial charge is 0.394 e. The van der Waals surface area contributed by atoms with Crippen molar-refractivity contribution in [2.75, 3.05) is 13.2 Å². The van der Waals surface area contributed by atoms with Crippen LogP contribution in [0.4, 0.5) is 8.78 Å². The van der Waals surface area contributed by atoms with Crippen molar-refractivity contribution in [1.29, 1.82) is 0 Å². The highest BCUT2D eigenvalue weighted by Crippen LogP contribution is 2.42. The molecule has 0 aliphatic carbocycles. The Morgan fingerprint density at radius 3 is 1.54 bits per heavy atom. The number of ether oxygens (including phenoxy) is 2. The summed E-state index contributed by atoms with van der Waals surface area (Å²) >= 11 is 7.44. The van der Waals surface area contributed by atoms with E-state index in [1.165, 1.54) is 34.4 Å². The van der Waals surface area contributed by atoms with Gasteiger partial charge in [-0.05, 0) is 25.7 Å². The standard InChI is InChI=1S/C26H32F2N8O8P2S2/c27-17-21(43-45(39)47)15(7-37)41-25(17)35-11-33-19-13(29-9-31-23(19)35)5-3-1-2-4-6-14-20-24(32-10-30-14)36(12-34-20)26-18(28)22(44-46(40)48)16(8-38)42-26/h1-2,9-12,15-18,21-22,25-26,37-38,45-46H,3-8H2,(H,39,47)(H,40,48)/b2-1+/t15-,16?,17-,18-,21-,22-,25-,26?/m1/s1. The lowest BCUT2D eigenvalue weighted by Gasteiger charge is -2.16. The van der Waals surface area contributed by atoms with E-state index in [-0.39, 0.29) is 0 Å². The molecule has 22 heteroatoms. The number of aliphatic hydroxyl groups excluding tert-OH is 2. The first-order valence-corrected chi connectivity index (χ1v) is 20.0. The molecule has 4 aromatic rings. The molecule has 2 N–H and O–H groups in total. The molecule has 260 valence electrons. The third-order valence-corrected chi connectivity index (χ3v) is 9.63. The van der Waals surface area contributed by atoms with Gasteiger partial charge in [0.1, 0.15) is 48.1 Å². The van der Waals surface area contributed by atoms with Crippen LogP contribution in [0.25, 0.3) is 22.3 Å². The molecule has 4 unspecified atom stereocenters. The zero-order valence-corrected chi connectivity index (χ0v) is 28.7. The molecule has 4 aromatic heterocycles. The van der Waals surface area contributed by atoms with Crippen LogP contribution in [-0.4, -0.2) is 99.2 Å². The molecule has 2 fully saturated rings. The van der Waals surface area contributed by atoms with Gasteiger partial charge in [0, 0.05) is 0 Å². The van der Waals surface area contributed by atoms with Gasteiger partial charge in [0.05, 0.1) is 37.3 Å². The average Bonchev–Trinajstić information content (AvgIpc) is 3.83. The molecular weight excluding hydrogens is 716 g/mol.